The Labute approximate surface area is 114 Å². The van der Waals surface area contributed by atoms with E-state index in [1.54, 1.807) is 0 Å². The molecule has 0 amide bonds. The first-order valence-corrected chi connectivity index (χ1v) is 6.50. The lowest BCUT2D eigenvalue weighted by molar-refractivity contribution is 0.292. The van der Waals surface area contributed by atoms with Gasteiger partial charge in [0.05, 0.1) is 11.6 Å². The van der Waals surface area contributed by atoms with Crippen LogP contribution in [0.15, 0.2) is 46.9 Å². The zero-order valence-corrected chi connectivity index (χ0v) is 11.4. The number of aromatic nitrogens is 1. The van der Waals surface area contributed by atoms with Crippen LogP contribution in [-0.2, 0) is 12.5 Å². The van der Waals surface area contributed by atoms with Gasteiger partial charge in [-0.3, -0.25) is 0 Å². The summed E-state index contributed by atoms with van der Waals surface area (Å²) in [6, 6.07) is 13.5. The Hall–Kier alpha value is -1.06. The van der Waals surface area contributed by atoms with E-state index in [1.165, 1.54) is 0 Å². The second kappa shape index (κ2) is 6.03. The third-order valence-corrected chi connectivity index (χ3v) is 3.30. The molecule has 1 heterocycles. The van der Waals surface area contributed by atoms with Crippen LogP contribution in [0, 0.1) is 0 Å². The third-order valence-electron chi connectivity index (χ3n) is 2.25. The minimum atomic E-state index is 0.395. The molecule has 0 fully saturated rings. The maximum Gasteiger partial charge on any atom is 0.213 e. The lowest BCUT2D eigenvalue weighted by Crippen LogP contribution is -1.99. The highest BCUT2D eigenvalue weighted by atomic mass is 79.9. The van der Waals surface area contributed by atoms with Gasteiger partial charge in [0.15, 0.2) is 0 Å². The Morgan fingerprint density at radius 1 is 1.12 bits per heavy atom. The average molecular weight is 313 g/mol. The molecular weight excluding hydrogens is 302 g/mol. The number of halogens is 2. The second-order valence-electron chi connectivity index (χ2n) is 3.48. The number of pyridine rings is 1. The van der Waals surface area contributed by atoms with Crippen LogP contribution in [-0.4, -0.2) is 4.98 Å². The van der Waals surface area contributed by atoms with Crippen molar-refractivity contribution in [3.05, 3.63) is 58.2 Å². The molecule has 0 saturated carbocycles. The zero-order chi connectivity index (χ0) is 12.1. The van der Waals surface area contributed by atoms with E-state index in [0.29, 0.717) is 18.4 Å². The maximum atomic E-state index is 5.72. The topological polar surface area (TPSA) is 22.1 Å². The Balaban J connectivity index is 2.05. The van der Waals surface area contributed by atoms with Crippen LogP contribution in [0.4, 0.5) is 0 Å². The Morgan fingerprint density at radius 3 is 2.71 bits per heavy atom. The molecule has 0 spiro atoms. The largest absolute Gasteiger partial charge is 0.473 e. The highest BCUT2D eigenvalue weighted by molar-refractivity contribution is 9.10. The fourth-order valence-electron chi connectivity index (χ4n) is 1.38. The number of nitrogens with zero attached hydrogens (tertiary/aromatic N) is 1. The molecule has 0 unspecified atom stereocenters. The molecule has 0 bridgehead atoms. The summed E-state index contributed by atoms with van der Waals surface area (Å²) in [5.41, 5.74) is 1.90. The number of rotatable bonds is 4. The first kappa shape index (κ1) is 12.4. The van der Waals surface area contributed by atoms with E-state index in [0.717, 1.165) is 15.7 Å². The van der Waals surface area contributed by atoms with Crippen LogP contribution in [0.3, 0.4) is 0 Å². The van der Waals surface area contributed by atoms with Gasteiger partial charge in [-0.25, -0.2) is 4.98 Å². The Kier molecular flexibility index (Phi) is 4.40. The molecule has 1 aromatic heterocycles. The first-order valence-electron chi connectivity index (χ1n) is 5.17. The van der Waals surface area contributed by atoms with Crippen molar-refractivity contribution in [1.82, 2.24) is 4.98 Å². The van der Waals surface area contributed by atoms with Crippen molar-refractivity contribution < 1.29 is 4.74 Å². The highest BCUT2D eigenvalue weighted by Crippen LogP contribution is 2.18. The van der Waals surface area contributed by atoms with Gasteiger partial charge < -0.3 is 4.74 Å². The number of ether oxygens (including phenoxy) is 1. The first-order chi connectivity index (χ1) is 8.29. The van der Waals surface area contributed by atoms with Crippen LogP contribution in [0.1, 0.15) is 11.3 Å². The predicted molar refractivity (Wildman–Crippen MR) is 72.3 cm³/mol. The second-order valence-corrected chi connectivity index (χ2v) is 4.60. The van der Waals surface area contributed by atoms with Crippen molar-refractivity contribution in [3.63, 3.8) is 0 Å². The van der Waals surface area contributed by atoms with Gasteiger partial charge in [0, 0.05) is 16.1 Å². The summed E-state index contributed by atoms with van der Waals surface area (Å²) < 4.78 is 6.65. The molecule has 17 heavy (non-hydrogen) atoms. The SMILES string of the molecule is ClCc1cccc(OCc2ccccc2Br)n1. The van der Waals surface area contributed by atoms with Gasteiger partial charge in [-0.05, 0) is 12.1 Å². The lowest BCUT2D eigenvalue weighted by atomic mass is 10.2. The quantitative estimate of drug-likeness (QED) is 0.791. The summed E-state index contributed by atoms with van der Waals surface area (Å²) in [6.45, 7) is 0.486. The summed E-state index contributed by atoms with van der Waals surface area (Å²) in [4.78, 5) is 4.27. The monoisotopic (exact) mass is 311 g/mol. The fourth-order valence-corrected chi connectivity index (χ4v) is 1.93. The van der Waals surface area contributed by atoms with Crippen molar-refractivity contribution in [2.24, 2.45) is 0 Å². The van der Waals surface area contributed by atoms with Gasteiger partial charge in [0.2, 0.25) is 5.88 Å². The van der Waals surface area contributed by atoms with Crippen LogP contribution in [0.5, 0.6) is 5.88 Å². The molecule has 0 N–H and O–H groups in total. The van der Waals surface area contributed by atoms with Crippen molar-refractivity contribution in [3.8, 4) is 5.88 Å². The van der Waals surface area contributed by atoms with E-state index >= 15 is 0 Å². The standard InChI is InChI=1S/C13H11BrClNO/c14-12-6-2-1-4-10(12)9-17-13-7-3-5-11(8-15)16-13/h1-7H,8-9H2. The molecule has 0 radical (unpaired) electrons. The Morgan fingerprint density at radius 2 is 1.94 bits per heavy atom. The Bertz CT molecular complexity index is 504. The molecule has 1 aromatic carbocycles. The van der Waals surface area contributed by atoms with Crippen molar-refractivity contribution in [1.29, 1.82) is 0 Å². The van der Waals surface area contributed by atoms with E-state index in [4.69, 9.17) is 16.3 Å². The molecule has 2 nitrogen and oxygen atoms in total. The predicted octanol–water partition coefficient (Wildman–Crippen LogP) is 4.16. The van der Waals surface area contributed by atoms with Gasteiger partial charge in [-0.15, -0.1) is 11.6 Å². The maximum absolute atomic E-state index is 5.72. The molecule has 0 atom stereocenters. The molecule has 0 saturated heterocycles. The highest BCUT2D eigenvalue weighted by Gasteiger charge is 2.01. The number of benzene rings is 1. The van der Waals surface area contributed by atoms with E-state index in [1.807, 2.05) is 42.5 Å². The summed E-state index contributed by atoms with van der Waals surface area (Å²) in [7, 11) is 0. The van der Waals surface area contributed by atoms with Gasteiger partial charge in [0.1, 0.15) is 6.61 Å². The number of hydrogen-bond acceptors (Lipinski definition) is 2. The molecule has 2 rings (SSSR count). The third kappa shape index (κ3) is 3.45. The van der Waals surface area contributed by atoms with Gasteiger partial charge >= 0.3 is 0 Å². The summed E-state index contributed by atoms with van der Waals surface area (Å²) in [6.07, 6.45) is 0. The molecule has 4 heteroatoms. The van der Waals surface area contributed by atoms with Crippen LogP contribution < -0.4 is 4.74 Å². The zero-order valence-electron chi connectivity index (χ0n) is 9.07. The molecule has 2 aromatic rings. The lowest BCUT2D eigenvalue weighted by Gasteiger charge is -2.07. The van der Waals surface area contributed by atoms with Gasteiger partial charge in [-0.2, -0.15) is 0 Å². The smallest absolute Gasteiger partial charge is 0.213 e. The van der Waals surface area contributed by atoms with E-state index in [9.17, 15) is 0 Å². The summed E-state index contributed by atoms with van der Waals surface area (Å²) in [5, 5.41) is 0. The van der Waals surface area contributed by atoms with Crippen molar-refractivity contribution in [2.75, 3.05) is 0 Å². The van der Waals surface area contributed by atoms with Crippen LogP contribution >= 0.6 is 27.5 Å². The molecule has 88 valence electrons. The minimum absolute atomic E-state index is 0.395. The van der Waals surface area contributed by atoms with E-state index in [-0.39, 0.29) is 0 Å². The summed E-state index contributed by atoms with van der Waals surface area (Å²) >= 11 is 9.19. The van der Waals surface area contributed by atoms with Crippen molar-refractivity contribution in [2.45, 2.75) is 12.5 Å². The molecule has 0 aliphatic heterocycles. The number of alkyl halides is 1. The normalized spacial score (nSPS) is 10.2. The summed E-state index contributed by atoms with van der Waals surface area (Å²) in [5.74, 6) is 0.991. The van der Waals surface area contributed by atoms with Crippen LogP contribution in [0.25, 0.3) is 0 Å². The molecular formula is C13H11BrClNO. The van der Waals surface area contributed by atoms with E-state index in [2.05, 4.69) is 20.9 Å². The minimum Gasteiger partial charge on any atom is -0.473 e. The fraction of sp³-hybridized carbons (Fsp3) is 0.154. The molecule has 0 aliphatic carbocycles. The van der Waals surface area contributed by atoms with Gasteiger partial charge in [0.25, 0.3) is 0 Å². The number of hydrogen-bond donors (Lipinski definition) is 0. The van der Waals surface area contributed by atoms with Gasteiger partial charge in [-0.1, -0.05) is 40.2 Å². The van der Waals surface area contributed by atoms with Crippen LogP contribution in [0.2, 0.25) is 0 Å². The molecule has 0 aliphatic rings. The van der Waals surface area contributed by atoms with Crippen molar-refractivity contribution >= 4 is 27.5 Å². The average Bonchev–Trinajstić information content (AvgIpc) is 2.38. The van der Waals surface area contributed by atoms with E-state index < -0.39 is 0 Å².